The van der Waals surface area contributed by atoms with Crippen molar-refractivity contribution in [1.82, 2.24) is 4.90 Å². The molecule has 0 radical (unpaired) electrons. The Labute approximate surface area is 130 Å². The summed E-state index contributed by atoms with van der Waals surface area (Å²) in [5, 5.41) is 0. The normalized spacial score (nSPS) is 18.3. The summed E-state index contributed by atoms with van der Waals surface area (Å²) < 4.78 is 10.0. The first-order valence-electron chi connectivity index (χ1n) is 7.37. The highest BCUT2D eigenvalue weighted by molar-refractivity contribution is 5.95. The van der Waals surface area contributed by atoms with E-state index >= 15 is 0 Å². The number of hydrogen-bond acceptors (Lipinski definition) is 4. The number of benzene rings is 1. The predicted octanol–water partition coefficient (Wildman–Crippen LogP) is 2.26. The average molecular weight is 303 g/mol. The highest BCUT2D eigenvalue weighted by Crippen LogP contribution is 2.21. The number of para-hydroxylation sites is 1. The summed E-state index contributed by atoms with van der Waals surface area (Å²) in [5.74, 6) is 0.175. The van der Waals surface area contributed by atoms with Gasteiger partial charge in [-0.3, -0.25) is 4.79 Å². The smallest absolute Gasteiger partial charge is 0.328 e. The zero-order chi connectivity index (χ0) is 15.9. The molecule has 1 fully saturated rings. The number of esters is 1. The van der Waals surface area contributed by atoms with Gasteiger partial charge >= 0.3 is 5.97 Å². The zero-order valence-corrected chi connectivity index (χ0v) is 13.0. The van der Waals surface area contributed by atoms with Crippen LogP contribution in [0.5, 0.6) is 5.75 Å². The van der Waals surface area contributed by atoms with Crippen molar-refractivity contribution in [3.8, 4) is 5.75 Å². The molecular weight excluding hydrogens is 282 g/mol. The molecule has 2 rings (SSSR count). The van der Waals surface area contributed by atoms with Gasteiger partial charge in [-0.25, -0.2) is 4.79 Å². The second-order valence-electron chi connectivity index (χ2n) is 5.14. The Morgan fingerprint density at radius 2 is 2.00 bits per heavy atom. The van der Waals surface area contributed by atoms with Crippen LogP contribution >= 0.6 is 0 Å². The van der Waals surface area contributed by atoms with Gasteiger partial charge in [0.05, 0.1) is 14.2 Å². The van der Waals surface area contributed by atoms with Gasteiger partial charge < -0.3 is 14.4 Å². The maximum Gasteiger partial charge on any atom is 0.328 e. The number of amides is 1. The SMILES string of the molecule is COC(=O)C1CCCCN1C(=O)/C=C/c1ccccc1OC. The lowest BCUT2D eigenvalue weighted by molar-refractivity contribution is -0.153. The Morgan fingerprint density at radius 3 is 2.73 bits per heavy atom. The molecule has 0 spiro atoms. The molecule has 0 aromatic heterocycles. The van der Waals surface area contributed by atoms with Crippen LogP contribution in [-0.4, -0.2) is 43.6 Å². The molecule has 0 aliphatic carbocycles. The Kier molecular flexibility index (Phi) is 5.58. The van der Waals surface area contributed by atoms with Gasteiger partial charge in [-0.05, 0) is 31.4 Å². The van der Waals surface area contributed by atoms with Gasteiger partial charge in [0.15, 0.2) is 0 Å². The van der Waals surface area contributed by atoms with E-state index in [4.69, 9.17) is 9.47 Å². The Bertz CT molecular complexity index is 568. The van der Waals surface area contributed by atoms with Crippen molar-refractivity contribution < 1.29 is 19.1 Å². The number of piperidine rings is 1. The quantitative estimate of drug-likeness (QED) is 0.632. The summed E-state index contributed by atoms with van der Waals surface area (Å²) in [5.41, 5.74) is 0.824. The molecule has 1 saturated heterocycles. The van der Waals surface area contributed by atoms with E-state index in [1.807, 2.05) is 24.3 Å². The van der Waals surface area contributed by atoms with Gasteiger partial charge in [0.1, 0.15) is 11.8 Å². The number of carbonyl (C=O) groups excluding carboxylic acids is 2. The number of likely N-dealkylation sites (tertiary alicyclic amines) is 1. The molecule has 1 aromatic carbocycles. The molecule has 118 valence electrons. The third-order valence-corrected chi connectivity index (χ3v) is 3.80. The maximum atomic E-state index is 12.4. The molecular formula is C17H21NO4. The van der Waals surface area contributed by atoms with Crippen LogP contribution in [0.15, 0.2) is 30.3 Å². The fourth-order valence-corrected chi connectivity index (χ4v) is 2.64. The molecule has 5 nitrogen and oxygen atoms in total. The Balaban J connectivity index is 2.12. The predicted molar refractivity (Wildman–Crippen MR) is 83.4 cm³/mol. The number of ether oxygens (including phenoxy) is 2. The molecule has 1 unspecified atom stereocenters. The van der Waals surface area contributed by atoms with Crippen LogP contribution in [0.2, 0.25) is 0 Å². The van der Waals surface area contributed by atoms with E-state index in [2.05, 4.69) is 0 Å². The van der Waals surface area contributed by atoms with Crippen molar-refractivity contribution in [1.29, 1.82) is 0 Å². The molecule has 1 aliphatic heterocycles. The fraction of sp³-hybridized carbons (Fsp3) is 0.412. The van der Waals surface area contributed by atoms with E-state index in [1.54, 1.807) is 18.1 Å². The minimum Gasteiger partial charge on any atom is -0.496 e. The van der Waals surface area contributed by atoms with Crippen molar-refractivity contribution in [2.45, 2.75) is 25.3 Å². The van der Waals surface area contributed by atoms with Crippen molar-refractivity contribution in [2.24, 2.45) is 0 Å². The van der Waals surface area contributed by atoms with Gasteiger partial charge in [0, 0.05) is 18.2 Å². The lowest BCUT2D eigenvalue weighted by Gasteiger charge is -2.32. The summed E-state index contributed by atoms with van der Waals surface area (Å²) in [6, 6.07) is 6.98. The number of methoxy groups -OCH3 is 2. The molecule has 5 heteroatoms. The number of nitrogens with zero attached hydrogens (tertiary/aromatic N) is 1. The molecule has 0 bridgehead atoms. The van der Waals surface area contributed by atoms with E-state index in [0.29, 0.717) is 18.7 Å². The zero-order valence-electron chi connectivity index (χ0n) is 13.0. The molecule has 1 amide bonds. The lowest BCUT2D eigenvalue weighted by Crippen LogP contribution is -2.47. The molecule has 1 atom stereocenters. The third kappa shape index (κ3) is 3.67. The first kappa shape index (κ1) is 16.1. The molecule has 0 N–H and O–H groups in total. The number of hydrogen-bond donors (Lipinski definition) is 0. The van der Waals surface area contributed by atoms with Gasteiger partial charge in [0.25, 0.3) is 0 Å². The van der Waals surface area contributed by atoms with Crippen molar-refractivity contribution in [3.05, 3.63) is 35.9 Å². The standard InChI is InChI=1S/C17H21NO4/c1-21-15-9-4-3-7-13(15)10-11-16(19)18-12-6-5-8-14(18)17(20)22-2/h3-4,7,9-11,14H,5-6,8,12H2,1-2H3/b11-10+. The van der Waals surface area contributed by atoms with Crippen molar-refractivity contribution in [3.63, 3.8) is 0 Å². The summed E-state index contributed by atoms with van der Waals surface area (Å²) in [6.45, 7) is 0.578. The minimum absolute atomic E-state index is 0.180. The average Bonchev–Trinajstić information content (AvgIpc) is 2.59. The number of carbonyl (C=O) groups is 2. The van der Waals surface area contributed by atoms with Crippen LogP contribution in [0, 0.1) is 0 Å². The third-order valence-electron chi connectivity index (χ3n) is 3.80. The van der Waals surface area contributed by atoms with Crippen molar-refractivity contribution in [2.75, 3.05) is 20.8 Å². The second-order valence-corrected chi connectivity index (χ2v) is 5.14. The molecule has 22 heavy (non-hydrogen) atoms. The molecule has 1 heterocycles. The van der Waals surface area contributed by atoms with Crippen LogP contribution in [0.1, 0.15) is 24.8 Å². The fourth-order valence-electron chi connectivity index (χ4n) is 2.64. The summed E-state index contributed by atoms with van der Waals surface area (Å²) >= 11 is 0. The topological polar surface area (TPSA) is 55.8 Å². The Hall–Kier alpha value is -2.30. The lowest BCUT2D eigenvalue weighted by atomic mass is 10.0. The van der Waals surface area contributed by atoms with E-state index < -0.39 is 6.04 Å². The van der Waals surface area contributed by atoms with Crippen LogP contribution in [0.25, 0.3) is 6.08 Å². The van der Waals surface area contributed by atoms with Crippen LogP contribution in [0.4, 0.5) is 0 Å². The van der Waals surface area contributed by atoms with Crippen LogP contribution in [0.3, 0.4) is 0 Å². The summed E-state index contributed by atoms with van der Waals surface area (Å²) in [4.78, 5) is 25.8. The van der Waals surface area contributed by atoms with E-state index in [0.717, 1.165) is 18.4 Å². The minimum atomic E-state index is -0.478. The first-order chi connectivity index (χ1) is 10.7. The molecule has 0 saturated carbocycles. The monoisotopic (exact) mass is 303 g/mol. The largest absolute Gasteiger partial charge is 0.496 e. The second kappa shape index (κ2) is 7.64. The molecule has 1 aliphatic rings. The van der Waals surface area contributed by atoms with E-state index in [9.17, 15) is 9.59 Å². The highest BCUT2D eigenvalue weighted by Gasteiger charge is 2.31. The maximum absolute atomic E-state index is 12.4. The van der Waals surface area contributed by atoms with Crippen LogP contribution in [-0.2, 0) is 14.3 Å². The number of rotatable bonds is 4. The van der Waals surface area contributed by atoms with Crippen LogP contribution < -0.4 is 4.74 Å². The van der Waals surface area contributed by atoms with E-state index in [1.165, 1.54) is 13.2 Å². The Morgan fingerprint density at radius 1 is 1.23 bits per heavy atom. The first-order valence-corrected chi connectivity index (χ1v) is 7.37. The van der Waals surface area contributed by atoms with Gasteiger partial charge in [-0.1, -0.05) is 18.2 Å². The molecule has 1 aromatic rings. The van der Waals surface area contributed by atoms with Gasteiger partial charge in [-0.15, -0.1) is 0 Å². The van der Waals surface area contributed by atoms with Gasteiger partial charge in [-0.2, -0.15) is 0 Å². The van der Waals surface area contributed by atoms with Crippen molar-refractivity contribution >= 4 is 18.0 Å². The summed E-state index contributed by atoms with van der Waals surface area (Å²) in [6.07, 6.45) is 5.69. The van der Waals surface area contributed by atoms with E-state index in [-0.39, 0.29) is 11.9 Å². The van der Waals surface area contributed by atoms with Gasteiger partial charge in [0.2, 0.25) is 5.91 Å². The summed E-state index contributed by atoms with van der Waals surface area (Å²) in [7, 11) is 2.94. The highest BCUT2D eigenvalue weighted by atomic mass is 16.5.